The molecule has 0 aliphatic carbocycles. The minimum absolute atomic E-state index is 0.199. The lowest BCUT2D eigenvalue weighted by molar-refractivity contribution is 0.215. The largest absolute Gasteiger partial charge is 0.303 e. The molecule has 19 heavy (non-hydrogen) atoms. The van der Waals surface area contributed by atoms with Crippen molar-refractivity contribution in [1.29, 1.82) is 0 Å². The molecule has 0 heterocycles. The number of halogens is 2. The van der Waals surface area contributed by atoms with Gasteiger partial charge in [0.15, 0.2) is 0 Å². The van der Waals surface area contributed by atoms with Crippen molar-refractivity contribution in [2.75, 3.05) is 32.7 Å². The molecule has 0 atom stereocenters. The first-order valence-electron chi connectivity index (χ1n) is 6.99. The van der Waals surface area contributed by atoms with Gasteiger partial charge in [0.2, 0.25) is 0 Å². The fourth-order valence-electron chi connectivity index (χ4n) is 2.07. The van der Waals surface area contributed by atoms with E-state index in [1.807, 2.05) is 12.1 Å². The van der Waals surface area contributed by atoms with Crippen LogP contribution in [0.2, 0.25) is 0 Å². The summed E-state index contributed by atoms with van der Waals surface area (Å²) in [6.07, 6.45) is 0. The minimum Gasteiger partial charge on any atom is -0.303 e. The molecule has 0 radical (unpaired) electrons. The van der Waals surface area contributed by atoms with Crippen LogP contribution in [0, 0.1) is 5.82 Å². The smallest absolute Gasteiger partial charge is 0.137 e. The molecule has 2 nitrogen and oxygen atoms in total. The number of hydrogen-bond donors (Lipinski definition) is 0. The van der Waals surface area contributed by atoms with Crippen molar-refractivity contribution in [3.05, 3.63) is 34.1 Å². The molecule has 0 saturated carbocycles. The summed E-state index contributed by atoms with van der Waals surface area (Å²) in [6.45, 7) is 12.8. The van der Waals surface area contributed by atoms with Gasteiger partial charge < -0.3 is 4.90 Å². The summed E-state index contributed by atoms with van der Waals surface area (Å²) in [5.74, 6) is -0.199. The molecule has 0 unspecified atom stereocenters. The maximum absolute atomic E-state index is 13.2. The van der Waals surface area contributed by atoms with E-state index in [1.165, 1.54) is 6.07 Å². The summed E-state index contributed by atoms with van der Waals surface area (Å²) >= 11 is 3.24. The Morgan fingerprint density at radius 3 is 2.11 bits per heavy atom. The SMILES string of the molecule is CCN(CC)CCN(CC)Cc1ccc(F)c(Br)c1. The zero-order chi connectivity index (χ0) is 14.3. The van der Waals surface area contributed by atoms with E-state index in [4.69, 9.17) is 0 Å². The van der Waals surface area contributed by atoms with Crippen LogP contribution in [0.3, 0.4) is 0 Å². The normalized spacial score (nSPS) is 11.5. The standard InChI is InChI=1S/C15H24BrFN2/c1-4-18(5-2)9-10-19(6-3)12-13-7-8-15(17)14(16)11-13/h7-8,11H,4-6,9-10,12H2,1-3H3. The van der Waals surface area contributed by atoms with Gasteiger partial charge in [-0.15, -0.1) is 0 Å². The van der Waals surface area contributed by atoms with Crippen LogP contribution in [-0.2, 0) is 6.54 Å². The molecule has 0 spiro atoms. The minimum atomic E-state index is -0.199. The molecule has 1 rings (SSSR count). The maximum Gasteiger partial charge on any atom is 0.137 e. The third-order valence-electron chi connectivity index (χ3n) is 3.46. The van der Waals surface area contributed by atoms with Crippen LogP contribution in [0.25, 0.3) is 0 Å². The molecule has 0 aromatic heterocycles. The maximum atomic E-state index is 13.2. The van der Waals surface area contributed by atoms with Crippen molar-refractivity contribution in [1.82, 2.24) is 9.80 Å². The second kappa shape index (κ2) is 8.67. The van der Waals surface area contributed by atoms with Crippen molar-refractivity contribution in [3.63, 3.8) is 0 Å². The van der Waals surface area contributed by atoms with Gasteiger partial charge in [-0.3, -0.25) is 4.90 Å². The summed E-state index contributed by atoms with van der Waals surface area (Å²) in [4.78, 5) is 4.81. The van der Waals surface area contributed by atoms with Crippen LogP contribution < -0.4 is 0 Å². The lowest BCUT2D eigenvalue weighted by Gasteiger charge is -2.25. The summed E-state index contributed by atoms with van der Waals surface area (Å²) in [7, 11) is 0. The third kappa shape index (κ3) is 5.59. The van der Waals surface area contributed by atoms with Crippen LogP contribution in [0.4, 0.5) is 4.39 Å². The number of likely N-dealkylation sites (N-methyl/N-ethyl adjacent to an activating group) is 2. The molecule has 0 fully saturated rings. The molecule has 0 bridgehead atoms. The first kappa shape index (κ1) is 16.6. The van der Waals surface area contributed by atoms with Gasteiger partial charge in [-0.05, 0) is 53.3 Å². The molecule has 0 N–H and O–H groups in total. The van der Waals surface area contributed by atoms with Gasteiger partial charge >= 0.3 is 0 Å². The van der Waals surface area contributed by atoms with Crippen LogP contribution in [-0.4, -0.2) is 42.5 Å². The molecule has 0 saturated heterocycles. The third-order valence-corrected chi connectivity index (χ3v) is 4.07. The summed E-state index contributed by atoms with van der Waals surface area (Å²) < 4.78 is 13.7. The fourth-order valence-corrected chi connectivity index (χ4v) is 2.49. The first-order chi connectivity index (χ1) is 9.10. The van der Waals surface area contributed by atoms with E-state index in [1.54, 1.807) is 0 Å². The lowest BCUT2D eigenvalue weighted by Crippen LogP contribution is -2.34. The zero-order valence-corrected chi connectivity index (χ0v) is 13.7. The van der Waals surface area contributed by atoms with E-state index < -0.39 is 0 Å². The van der Waals surface area contributed by atoms with Crippen molar-refractivity contribution >= 4 is 15.9 Å². The molecule has 0 aliphatic heterocycles. The van der Waals surface area contributed by atoms with Crippen LogP contribution in [0.15, 0.2) is 22.7 Å². The van der Waals surface area contributed by atoms with Crippen molar-refractivity contribution in [2.45, 2.75) is 27.3 Å². The number of benzene rings is 1. The molecule has 1 aromatic rings. The summed E-state index contributed by atoms with van der Waals surface area (Å²) in [5, 5.41) is 0. The molecular weight excluding hydrogens is 307 g/mol. The highest BCUT2D eigenvalue weighted by atomic mass is 79.9. The Bertz CT molecular complexity index is 380. The lowest BCUT2D eigenvalue weighted by atomic mass is 10.2. The Morgan fingerprint density at radius 1 is 1.00 bits per heavy atom. The molecule has 4 heteroatoms. The van der Waals surface area contributed by atoms with Crippen molar-refractivity contribution < 1.29 is 4.39 Å². The van der Waals surface area contributed by atoms with Crippen molar-refractivity contribution in [2.24, 2.45) is 0 Å². The van der Waals surface area contributed by atoms with E-state index in [9.17, 15) is 4.39 Å². The van der Waals surface area contributed by atoms with E-state index in [-0.39, 0.29) is 5.82 Å². The Balaban J connectivity index is 2.53. The molecule has 108 valence electrons. The number of rotatable bonds is 8. The van der Waals surface area contributed by atoms with Crippen LogP contribution >= 0.6 is 15.9 Å². The number of nitrogens with zero attached hydrogens (tertiary/aromatic N) is 2. The fraction of sp³-hybridized carbons (Fsp3) is 0.600. The van der Waals surface area contributed by atoms with Gasteiger partial charge in [-0.1, -0.05) is 26.8 Å². The second-order valence-electron chi connectivity index (χ2n) is 4.64. The average Bonchev–Trinajstić information content (AvgIpc) is 2.42. The van der Waals surface area contributed by atoms with Gasteiger partial charge in [0.25, 0.3) is 0 Å². The number of hydrogen-bond acceptors (Lipinski definition) is 2. The van der Waals surface area contributed by atoms with E-state index in [2.05, 4.69) is 46.5 Å². The van der Waals surface area contributed by atoms with Crippen molar-refractivity contribution in [3.8, 4) is 0 Å². The predicted molar refractivity (Wildman–Crippen MR) is 82.8 cm³/mol. The highest BCUT2D eigenvalue weighted by Gasteiger charge is 2.07. The molecular formula is C15H24BrFN2. The monoisotopic (exact) mass is 330 g/mol. The highest BCUT2D eigenvalue weighted by molar-refractivity contribution is 9.10. The molecule has 0 amide bonds. The Kier molecular flexibility index (Phi) is 7.57. The topological polar surface area (TPSA) is 6.48 Å². The quantitative estimate of drug-likeness (QED) is 0.716. The average molecular weight is 331 g/mol. The van der Waals surface area contributed by atoms with Gasteiger partial charge in [0.1, 0.15) is 5.82 Å². The second-order valence-corrected chi connectivity index (χ2v) is 5.50. The van der Waals surface area contributed by atoms with E-state index in [0.29, 0.717) is 4.47 Å². The summed E-state index contributed by atoms with van der Waals surface area (Å²) in [5.41, 5.74) is 1.15. The zero-order valence-electron chi connectivity index (χ0n) is 12.1. The van der Waals surface area contributed by atoms with Gasteiger partial charge in [0.05, 0.1) is 4.47 Å². The van der Waals surface area contributed by atoms with Gasteiger partial charge in [-0.25, -0.2) is 4.39 Å². The van der Waals surface area contributed by atoms with Gasteiger partial charge in [0, 0.05) is 19.6 Å². The van der Waals surface area contributed by atoms with E-state index in [0.717, 1.165) is 44.8 Å². The highest BCUT2D eigenvalue weighted by Crippen LogP contribution is 2.17. The first-order valence-corrected chi connectivity index (χ1v) is 7.78. The Morgan fingerprint density at radius 2 is 1.58 bits per heavy atom. The molecule has 0 aliphatic rings. The van der Waals surface area contributed by atoms with Gasteiger partial charge in [-0.2, -0.15) is 0 Å². The predicted octanol–water partition coefficient (Wildman–Crippen LogP) is 3.75. The van der Waals surface area contributed by atoms with Crippen LogP contribution in [0.5, 0.6) is 0 Å². The Hall–Kier alpha value is -0.450. The van der Waals surface area contributed by atoms with Crippen LogP contribution in [0.1, 0.15) is 26.3 Å². The van der Waals surface area contributed by atoms with E-state index >= 15 is 0 Å². The Labute approximate surface area is 124 Å². The molecule has 1 aromatic carbocycles. The summed E-state index contributed by atoms with van der Waals surface area (Å²) in [6, 6.07) is 5.26.